The number of alkyl halides is 2. The standard InChI is InChI=1S/C33H41F3O/c1-3-5-7-9-11-12-14-16-18-29-25-28-23-24-30(32(34)31(28)33(35,36)37-29)27-21-19-26(20-22-27)17-15-13-10-8-6-4-2/h4,10,13,19-25H,2-3,5-9,11-12,14-18H2,1H3/b13-10+. The number of halogens is 3. The molecule has 200 valence electrons. The van der Waals surface area contributed by atoms with E-state index in [1.54, 1.807) is 30.3 Å². The van der Waals surface area contributed by atoms with Crippen LogP contribution in [-0.4, -0.2) is 0 Å². The summed E-state index contributed by atoms with van der Waals surface area (Å²) in [6, 6.07) is 10.6. The van der Waals surface area contributed by atoms with Crippen LogP contribution in [0.4, 0.5) is 13.2 Å². The Morgan fingerprint density at radius 3 is 2.19 bits per heavy atom. The Hall–Kier alpha value is -2.75. The average Bonchev–Trinajstić information content (AvgIpc) is 2.87. The minimum absolute atomic E-state index is 0.165. The summed E-state index contributed by atoms with van der Waals surface area (Å²) in [4.78, 5) is 0. The third kappa shape index (κ3) is 8.66. The Balaban J connectivity index is 1.61. The van der Waals surface area contributed by atoms with Crippen molar-refractivity contribution in [3.63, 3.8) is 0 Å². The topological polar surface area (TPSA) is 9.23 Å². The third-order valence-electron chi connectivity index (χ3n) is 6.89. The molecule has 0 fully saturated rings. The summed E-state index contributed by atoms with van der Waals surface area (Å²) in [6.45, 7) is 5.91. The second-order valence-electron chi connectivity index (χ2n) is 9.92. The van der Waals surface area contributed by atoms with Gasteiger partial charge in [0.1, 0.15) is 17.1 Å². The monoisotopic (exact) mass is 510 g/mol. The molecule has 4 heteroatoms. The van der Waals surface area contributed by atoms with E-state index in [4.69, 9.17) is 4.74 Å². The molecule has 0 saturated heterocycles. The fourth-order valence-electron chi connectivity index (χ4n) is 4.76. The summed E-state index contributed by atoms with van der Waals surface area (Å²) in [5, 5.41) is 0. The smallest absolute Gasteiger partial charge is 0.429 e. The van der Waals surface area contributed by atoms with E-state index in [0.29, 0.717) is 12.0 Å². The molecule has 0 saturated carbocycles. The van der Waals surface area contributed by atoms with Gasteiger partial charge in [0.05, 0.1) is 0 Å². The summed E-state index contributed by atoms with van der Waals surface area (Å²) in [5.74, 6) is -0.679. The highest BCUT2D eigenvalue weighted by molar-refractivity contribution is 5.70. The number of hydrogen-bond donors (Lipinski definition) is 0. The van der Waals surface area contributed by atoms with Gasteiger partial charge in [0.2, 0.25) is 0 Å². The molecule has 0 atom stereocenters. The van der Waals surface area contributed by atoms with Gasteiger partial charge in [-0.25, -0.2) is 4.39 Å². The maximum Gasteiger partial charge on any atom is 0.429 e. The summed E-state index contributed by atoms with van der Waals surface area (Å²) < 4.78 is 50.3. The van der Waals surface area contributed by atoms with Crippen LogP contribution in [0.3, 0.4) is 0 Å². The summed E-state index contributed by atoms with van der Waals surface area (Å²) >= 11 is 0. The van der Waals surface area contributed by atoms with E-state index in [1.165, 1.54) is 32.1 Å². The van der Waals surface area contributed by atoms with Crippen LogP contribution in [0.1, 0.15) is 101 Å². The number of hydrogen-bond acceptors (Lipinski definition) is 1. The average molecular weight is 511 g/mol. The predicted molar refractivity (Wildman–Crippen MR) is 149 cm³/mol. The van der Waals surface area contributed by atoms with Gasteiger partial charge in [0.25, 0.3) is 0 Å². The normalized spacial score (nSPS) is 14.3. The van der Waals surface area contributed by atoms with Crippen molar-refractivity contribution in [1.82, 2.24) is 0 Å². The Morgan fingerprint density at radius 2 is 1.49 bits per heavy atom. The van der Waals surface area contributed by atoms with Gasteiger partial charge < -0.3 is 4.74 Å². The molecule has 0 radical (unpaired) electrons. The van der Waals surface area contributed by atoms with Gasteiger partial charge in [-0.1, -0.05) is 106 Å². The maximum absolute atomic E-state index is 15.4. The molecule has 0 unspecified atom stereocenters. The Kier molecular flexibility index (Phi) is 11.6. The first-order valence-electron chi connectivity index (χ1n) is 13.9. The second kappa shape index (κ2) is 14.9. The van der Waals surface area contributed by atoms with E-state index >= 15 is 4.39 Å². The molecule has 0 bridgehead atoms. The largest absolute Gasteiger partial charge is 0.433 e. The van der Waals surface area contributed by atoms with Gasteiger partial charge in [-0.3, -0.25) is 0 Å². The molecule has 3 rings (SSSR count). The highest BCUT2D eigenvalue weighted by Gasteiger charge is 2.43. The van der Waals surface area contributed by atoms with Crippen molar-refractivity contribution in [3.05, 3.63) is 89.5 Å². The molecular formula is C33H41F3O. The lowest BCUT2D eigenvalue weighted by atomic mass is 9.94. The van der Waals surface area contributed by atoms with Crippen LogP contribution in [-0.2, 0) is 17.3 Å². The van der Waals surface area contributed by atoms with Crippen molar-refractivity contribution in [2.45, 2.75) is 96.5 Å². The third-order valence-corrected chi connectivity index (χ3v) is 6.89. The van der Waals surface area contributed by atoms with E-state index in [2.05, 4.69) is 25.7 Å². The van der Waals surface area contributed by atoms with Crippen LogP contribution >= 0.6 is 0 Å². The van der Waals surface area contributed by atoms with Crippen molar-refractivity contribution in [1.29, 1.82) is 0 Å². The number of benzene rings is 2. The first-order valence-corrected chi connectivity index (χ1v) is 13.9. The second-order valence-corrected chi connectivity index (χ2v) is 9.92. The van der Waals surface area contributed by atoms with Crippen molar-refractivity contribution in [2.24, 2.45) is 0 Å². The van der Waals surface area contributed by atoms with Gasteiger partial charge in [-0.15, -0.1) is 6.58 Å². The van der Waals surface area contributed by atoms with E-state index in [1.807, 2.05) is 18.2 Å². The van der Waals surface area contributed by atoms with Gasteiger partial charge >= 0.3 is 6.11 Å². The highest BCUT2D eigenvalue weighted by atomic mass is 19.3. The molecule has 0 aliphatic carbocycles. The lowest BCUT2D eigenvalue weighted by molar-refractivity contribution is -0.228. The van der Waals surface area contributed by atoms with E-state index in [9.17, 15) is 8.78 Å². The quantitative estimate of drug-likeness (QED) is 0.161. The van der Waals surface area contributed by atoms with Crippen molar-refractivity contribution in [3.8, 4) is 11.1 Å². The van der Waals surface area contributed by atoms with Crippen LogP contribution in [0.25, 0.3) is 17.2 Å². The highest BCUT2D eigenvalue weighted by Crippen LogP contribution is 2.44. The molecule has 0 aromatic heterocycles. The zero-order chi connectivity index (χ0) is 26.5. The Bertz CT molecular complexity index is 1050. The zero-order valence-corrected chi connectivity index (χ0v) is 22.2. The Morgan fingerprint density at radius 1 is 0.811 bits per heavy atom. The van der Waals surface area contributed by atoms with Crippen LogP contribution in [0, 0.1) is 5.82 Å². The molecule has 1 heterocycles. The van der Waals surface area contributed by atoms with Gasteiger partial charge in [-0.05, 0) is 54.9 Å². The van der Waals surface area contributed by atoms with E-state index in [-0.39, 0.29) is 16.9 Å². The number of unbranched alkanes of at least 4 members (excludes halogenated alkanes) is 8. The van der Waals surface area contributed by atoms with Crippen molar-refractivity contribution >= 4 is 6.08 Å². The number of rotatable bonds is 16. The van der Waals surface area contributed by atoms with Crippen LogP contribution < -0.4 is 0 Å². The molecule has 2 aromatic rings. The van der Waals surface area contributed by atoms with E-state index < -0.39 is 17.5 Å². The number of ether oxygens (including phenoxy) is 1. The minimum Gasteiger partial charge on any atom is -0.433 e. The molecule has 0 N–H and O–H groups in total. The van der Waals surface area contributed by atoms with Gasteiger partial charge in [-0.2, -0.15) is 8.78 Å². The van der Waals surface area contributed by atoms with Gasteiger partial charge in [0, 0.05) is 12.0 Å². The summed E-state index contributed by atoms with van der Waals surface area (Å²) in [5.41, 5.74) is 1.40. The number of fused-ring (bicyclic) bond motifs is 1. The molecule has 0 spiro atoms. The first-order chi connectivity index (χ1) is 18.0. The molecule has 2 aromatic carbocycles. The molecule has 1 aliphatic heterocycles. The molecule has 37 heavy (non-hydrogen) atoms. The lowest BCUT2D eigenvalue weighted by Gasteiger charge is -2.27. The van der Waals surface area contributed by atoms with Crippen LogP contribution in [0.2, 0.25) is 0 Å². The minimum atomic E-state index is -3.68. The van der Waals surface area contributed by atoms with Crippen LogP contribution in [0.5, 0.6) is 0 Å². The SMILES string of the molecule is C=CCC/C=C/CCc1ccc(-c2ccc3c(c2F)C(F)(F)OC(CCCCCCCCCC)=C3)cc1. The maximum atomic E-state index is 15.4. The predicted octanol–water partition coefficient (Wildman–Crippen LogP) is 10.9. The molecule has 1 nitrogen and oxygen atoms in total. The molecule has 0 amide bonds. The molecular weight excluding hydrogens is 469 g/mol. The van der Waals surface area contributed by atoms with Crippen molar-refractivity contribution in [2.75, 3.05) is 0 Å². The van der Waals surface area contributed by atoms with Crippen LogP contribution in [0.15, 0.2) is 67.0 Å². The van der Waals surface area contributed by atoms with Crippen molar-refractivity contribution < 1.29 is 17.9 Å². The zero-order valence-electron chi connectivity index (χ0n) is 22.2. The lowest BCUT2D eigenvalue weighted by Crippen LogP contribution is -2.24. The van der Waals surface area contributed by atoms with Gasteiger partial charge in [0.15, 0.2) is 0 Å². The fraction of sp³-hybridized carbons (Fsp3) is 0.455. The molecule has 1 aliphatic rings. The first kappa shape index (κ1) is 28.8. The fourth-order valence-corrected chi connectivity index (χ4v) is 4.76. The van der Waals surface area contributed by atoms with E-state index in [0.717, 1.165) is 50.5 Å². The summed E-state index contributed by atoms with van der Waals surface area (Å²) in [7, 11) is 0. The number of aryl methyl sites for hydroxylation is 1. The Labute approximate surface area is 221 Å². The number of allylic oxidation sites excluding steroid dienone is 4. The summed E-state index contributed by atoms with van der Waals surface area (Å²) in [6.07, 6.45) is 17.3.